The van der Waals surface area contributed by atoms with Gasteiger partial charge >= 0.3 is 6.16 Å². The second-order valence-corrected chi connectivity index (χ2v) is 3.64. The Morgan fingerprint density at radius 1 is 1.50 bits per heavy atom. The Morgan fingerprint density at radius 2 is 1.90 bits per heavy atom. The first-order chi connectivity index (χ1) is 4.36. The maximum absolute atomic E-state index is 9.81. The molecule has 0 heterocycles. The van der Waals surface area contributed by atoms with Gasteiger partial charge in [-0.15, -0.1) is 0 Å². The molecule has 0 amide bonds. The van der Waals surface area contributed by atoms with E-state index in [-0.39, 0.29) is 0 Å². The van der Waals surface area contributed by atoms with Crippen molar-refractivity contribution in [2.75, 3.05) is 0 Å². The lowest BCUT2D eigenvalue weighted by molar-refractivity contribution is 0.0699. The smallest absolute Gasteiger partial charge is 0.450 e. The van der Waals surface area contributed by atoms with Crippen molar-refractivity contribution in [3.8, 4) is 0 Å². The third kappa shape index (κ3) is 3.56. The Morgan fingerprint density at radius 3 is 2.00 bits per heavy atom. The molecule has 0 aliphatic rings. The predicted molar refractivity (Wildman–Crippen MR) is 39.0 cm³/mol. The van der Waals surface area contributed by atoms with E-state index < -0.39 is 15.5 Å². The van der Waals surface area contributed by atoms with Gasteiger partial charge in [-0.1, -0.05) is 46.4 Å². The molecule has 10 heavy (non-hydrogen) atoms. The van der Waals surface area contributed by atoms with Crippen LogP contribution in [0.25, 0.3) is 0 Å². The summed E-state index contributed by atoms with van der Waals surface area (Å²) in [5.74, 6) is 0. The number of alkyl halides is 4. The molecule has 0 aromatic heterocycles. The minimum absolute atomic E-state index is 1.33. The van der Waals surface area contributed by atoms with E-state index in [4.69, 9.17) is 51.5 Å². The van der Waals surface area contributed by atoms with Crippen LogP contribution in [-0.4, -0.2) is 20.6 Å². The molecule has 60 valence electrons. The second kappa shape index (κ2) is 3.72. The Bertz CT molecular complexity index is 134. The number of carbonyl (C=O) groups is 1. The summed E-state index contributed by atoms with van der Waals surface area (Å²) in [4.78, 5) is 8.48. The van der Waals surface area contributed by atoms with E-state index in [9.17, 15) is 4.79 Å². The molecule has 0 unspecified atom stereocenters. The van der Waals surface area contributed by atoms with Gasteiger partial charge in [-0.05, 0) is 0 Å². The topological polar surface area (TPSA) is 46.5 Å². The zero-order valence-corrected chi connectivity index (χ0v) is 7.38. The van der Waals surface area contributed by atoms with E-state index >= 15 is 0 Å². The largest absolute Gasteiger partial charge is 0.508 e. The van der Waals surface area contributed by atoms with E-state index in [1.807, 2.05) is 0 Å². The van der Waals surface area contributed by atoms with Crippen LogP contribution in [0.4, 0.5) is 4.79 Å². The molecule has 0 spiro atoms. The molecule has 0 aliphatic carbocycles. The third-order valence-electron chi connectivity index (χ3n) is 0.477. The molecule has 0 aliphatic heterocycles. The fourth-order valence-corrected chi connectivity index (χ4v) is 0.382. The molecule has 7 heteroatoms. The van der Waals surface area contributed by atoms with Crippen molar-refractivity contribution in [3.05, 3.63) is 0 Å². The molecular weight excluding hydrogens is 226 g/mol. The maximum Gasteiger partial charge on any atom is 0.508 e. The summed E-state index contributed by atoms with van der Waals surface area (Å²) >= 11 is 20.6. The van der Waals surface area contributed by atoms with Gasteiger partial charge in [-0.25, -0.2) is 4.79 Å². The van der Waals surface area contributed by atoms with Crippen LogP contribution in [0.15, 0.2) is 0 Å². The molecule has 3 nitrogen and oxygen atoms in total. The van der Waals surface area contributed by atoms with Crippen LogP contribution in [0.2, 0.25) is 0 Å². The van der Waals surface area contributed by atoms with Crippen molar-refractivity contribution in [2.45, 2.75) is 9.36 Å². The van der Waals surface area contributed by atoms with Crippen molar-refractivity contribution in [1.29, 1.82) is 0 Å². The lowest BCUT2D eigenvalue weighted by Gasteiger charge is -2.17. The van der Waals surface area contributed by atoms with Crippen LogP contribution in [0.3, 0.4) is 0 Å². The lowest BCUT2D eigenvalue weighted by Crippen LogP contribution is -2.28. The van der Waals surface area contributed by atoms with Crippen LogP contribution in [0.5, 0.6) is 0 Å². The number of hydrogen-bond donors (Lipinski definition) is 1. The van der Waals surface area contributed by atoms with Gasteiger partial charge in [0, 0.05) is 0 Å². The first kappa shape index (κ1) is 10.4. The minimum Gasteiger partial charge on any atom is -0.450 e. The third-order valence-corrected chi connectivity index (χ3v) is 2.13. The van der Waals surface area contributed by atoms with E-state index in [0.717, 1.165) is 0 Å². The summed E-state index contributed by atoms with van der Waals surface area (Å²) in [5, 5.41) is 7.99. The van der Waals surface area contributed by atoms with Gasteiger partial charge < -0.3 is 9.84 Å². The monoisotopic (exact) mass is 226 g/mol. The van der Waals surface area contributed by atoms with Gasteiger partial charge in [-0.3, -0.25) is 0 Å². The fraction of sp³-hybridized carbons (Fsp3) is 0.667. The second-order valence-electron chi connectivity index (χ2n) is 1.23. The number of ether oxygens (including phenoxy) is 1. The average molecular weight is 228 g/mol. The summed E-state index contributed by atoms with van der Waals surface area (Å²) in [6.07, 6.45) is -1.64. The number of halogens is 4. The average Bonchev–Trinajstić information content (AvgIpc) is 1.60. The van der Waals surface area contributed by atoms with Gasteiger partial charge in [0.25, 0.3) is 4.52 Å². The van der Waals surface area contributed by atoms with Crippen molar-refractivity contribution < 1.29 is 14.6 Å². The fourth-order valence-electron chi connectivity index (χ4n) is 0.161. The molecule has 0 saturated carbocycles. The molecule has 0 atom stereocenters. The summed E-state index contributed by atoms with van der Waals surface area (Å²) in [6, 6.07) is 0. The van der Waals surface area contributed by atoms with Crippen LogP contribution >= 0.6 is 46.4 Å². The number of hydrogen-bond acceptors (Lipinski definition) is 2. The molecular formula is C3H2Cl4O3. The molecule has 0 rings (SSSR count). The molecule has 0 saturated heterocycles. The Hall–Kier alpha value is 0.430. The van der Waals surface area contributed by atoms with Gasteiger partial charge in [0.2, 0.25) is 0 Å². The summed E-state index contributed by atoms with van der Waals surface area (Å²) in [6.45, 7) is 0. The molecule has 1 N–H and O–H groups in total. The van der Waals surface area contributed by atoms with Gasteiger partial charge in [0.05, 0.1) is 0 Å². The molecule has 0 radical (unpaired) electrons. The molecule has 0 aromatic rings. The van der Waals surface area contributed by atoms with E-state index in [1.165, 1.54) is 0 Å². The summed E-state index contributed by atoms with van der Waals surface area (Å²) in [5.41, 5.74) is 0. The van der Waals surface area contributed by atoms with Gasteiger partial charge in [0.15, 0.2) is 4.84 Å². The van der Waals surface area contributed by atoms with Crippen molar-refractivity contribution in [3.63, 3.8) is 0 Å². The lowest BCUT2D eigenvalue weighted by atomic mass is 10.8. The van der Waals surface area contributed by atoms with E-state index in [2.05, 4.69) is 4.74 Å². The van der Waals surface area contributed by atoms with Crippen LogP contribution in [-0.2, 0) is 4.74 Å². The maximum atomic E-state index is 9.81. The van der Waals surface area contributed by atoms with Crippen LogP contribution in [0, 0.1) is 0 Å². The molecule has 0 bridgehead atoms. The number of carboxylic acid groups (broad SMARTS) is 1. The Balaban J connectivity index is 3.99. The quantitative estimate of drug-likeness (QED) is 0.583. The molecule has 0 aromatic carbocycles. The Labute approximate surface area is 76.8 Å². The van der Waals surface area contributed by atoms with E-state index in [0.29, 0.717) is 0 Å². The Kier molecular flexibility index (Phi) is 3.88. The van der Waals surface area contributed by atoms with Crippen molar-refractivity contribution in [1.82, 2.24) is 0 Å². The van der Waals surface area contributed by atoms with Crippen LogP contribution in [0.1, 0.15) is 0 Å². The normalized spacial score (nSPS) is 11.7. The summed E-state index contributed by atoms with van der Waals surface area (Å²) < 4.78 is 1.78. The highest BCUT2D eigenvalue weighted by molar-refractivity contribution is 6.59. The van der Waals surface area contributed by atoms with Crippen molar-refractivity contribution >= 4 is 52.6 Å². The standard InChI is InChI=1S/C3H2Cl4O3/c4-1(5)3(6,7)10-2(8)9/h1H,(H,8,9). The first-order valence-electron chi connectivity index (χ1n) is 1.94. The highest BCUT2D eigenvalue weighted by atomic mass is 35.5. The van der Waals surface area contributed by atoms with Crippen LogP contribution < -0.4 is 0 Å². The zero-order valence-electron chi connectivity index (χ0n) is 4.35. The van der Waals surface area contributed by atoms with Gasteiger partial charge in [0.1, 0.15) is 0 Å². The number of rotatable bonds is 2. The van der Waals surface area contributed by atoms with Gasteiger partial charge in [-0.2, -0.15) is 0 Å². The zero-order chi connectivity index (χ0) is 8.36. The summed E-state index contributed by atoms with van der Waals surface area (Å²) in [7, 11) is 0. The minimum atomic E-state index is -2.10. The van der Waals surface area contributed by atoms with Crippen molar-refractivity contribution in [2.24, 2.45) is 0 Å². The first-order valence-corrected chi connectivity index (χ1v) is 3.57. The van der Waals surface area contributed by atoms with E-state index in [1.54, 1.807) is 0 Å². The molecule has 0 fully saturated rings. The highest BCUT2D eigenvalue weighted by Crippen LogP contribution is 2.33. The predicted octanol–water partition coefficient (Wildman–Crippen LogP) is 2.62. The SMILES string of the molecule is O=C(O)OC(Cl)(Cl)C(Cl)Cl. The highest BCUT2D eigenvalue weighted by Gasteiger charge is 2.36.